The number of halogens is 5. The molecule has 1 aromatic heterocycles. The molecule has 0 aliphatic heterocycles. The Morgan fingerprint density at radius 1 is 1.42 bits per heavy atom. The van der Waals surface area contributed by atoms with Crippen molar-refractivity contribution in [3.8, 4) is 5.75 Å². The van der Waals surface area contributed by atoms with Crippen LogP contribution in [0.15, 0.2) is 11.2 Å². The van der Waals surface area contributed by atoms with E-state index >= 15 is 0 Å². The lowest BCUT2D eigenvalue weighted by atomic mass is 10.4. The SMILES string of the molecule is O=[N+]([O-])c1c(S(=O)(=O)Cl)ncc(F)c1OC(F)(F)F. The molecule has 7 nitrogen and oxygen atoms in total. The number of ether oxygens (including phenoxy) is 1. The highest BCUT2D eigenvalue weighted by molar-refractivity contribution is 8.13. The van der Waals surface area contributed by atoms with Crippen molar-refractivity contribution in [2.75, 3.05) is 0 Å². The van der Waals surface area contributed by atoms with Crippen LogP contribution in [0.2, 0.25) is 0 Å². The van der Waals surface area contributed by atoms with Gasteiger partial charge in [-0.1, -0.05) is 0 Å². The van der Waals surface area contributed by atoms with Crippen molar-refractivity contribution >= 4 is 25.4 Å². The van der Waals surface area contributed by atoms with Crippen LogP contribution in [0.25, 0.3) is 0 Å². The zero-order chi connectivity index (χ0) is 15.0. The van der Waals surface area contributed by atoms with E-state index in [4.69, 9.17) is 10.7 Å². The molecule has 1 heterocycles. The third-order valence-corrected chi connectivity index (χ3v) is 2.76. The lowest BCUT2D eigenvalue weighted by Crippen LogP contribution is -2.20. The molecule has 0 saturated carbocycles. The minimum absolute atomic E-state index is 0.00331. The fourth-order valence-electron chi connectivity index (χ4n) is 0.998. The second-order valence-corrected chi connectivity index (χ2v) is 5.31. The van der Waals surface area contributed by atoms with E-state index in [-0.39, 0.29) is 6.20 Å². The maximum absolute atomic E-state index is 13.1. The highest BCUT2D eigenvalue weighted by Crippen LogP contribution is 2.38. The summed E-state index contributed by atoms with van der Waals surface area (Å²) in [6, 6.07) is 0. The summed E-state index contributed by atoms with van der Waals surface area (Å²) < 4.78 is 73.9. The molecule has 0 radical (unpaired) electrons. The molecule has 0 bridgehead atoms. The highest BCUT2D eigenvalue weighted by atomic mass is 35.7. The van der Waals surface area contributed by atoms with Crippen molar-refractivity contribution in [2.45, 2.75) is 11.4 Å². The molecule has 0 unspecified atom stereocenters. The van der Waals surface area contributed by atoms with Gasteiger partial charge in [-0.15, -0.1) is 13.2 Å². The van der Waals surface area contributed by atoms with Crippen molar-refractivity contribution in [2.24, 2.45) is 0 Å². The van der Waals surface area contributed by atoms with Crippen LogP contribution in [0.3, 0.4) is 0 Å². The summed E-state index contributed by atoms with van der Waals surface area (Å²) in [6.07, 6.45) is -5.47. The standard InChI is InChI=1S/C6HClF4N2O5S/c7-19(16,17)5-3(13(14)15)4(2(8)1-12-5)18-6(9,10)11/h1H. The molecule has 0 fully saturated rings. The van der Waals surface area contributed by atoms with E-state index in [0.717, 1.165) is 0 Å². The van der Waals surface area contributed by atoms with Crippen molar-refractivity contribution in [3.63, 3.8) is 0 Å². The summed E-state index contributed by atoms with van der Waals surface area (Å²) in [6.45, 7) is 0. The van der Waals surface area contributed by atoms with Gasteiger partial charge in [0.05, 0.1) is 11.1 Å². The maximum Gasteiger partial charge on any atom is 0.573 e. The number of nitrogens with zero attached hydrogens (tertiary/aromatic N) is 2. The summed E-state index contributed by atoms with van der Waals surface area (Å²) in [5.74, 6) is -3.81. The Bertz CT molecular complexity index is 631. The molecule has 0 amide bonds. The van der Waals surface area contributed by atoms with Crippen LogP contribution in [0, 0.1) is 15.9 Å². The number of rotatable bonds is 3. The predicted octanol–water partition coefficient (Wildman–Crippen LogP) is 1.95. The zero-order valence-corrected chi connectivity index (χ0v) is 9.88. The molecule has 0 spiro atoms. The predicted molar refractivity (Wildman–Crippen MR) is 50.6 cm³/mol. The third-order valence-electron chi connectivity index (χ3n) is 1.56. The Balaban J connectivity index is 3.66. The van der Waals surface area contributed by atoms with E-state index in [1.54, 1.807) is 0 Å². The van der Waals surface area contributed by atoms with Gasteiger partial charge in [-0.25, -0.2) is 17.8 Å². The van der Waals surface area contributed by atoms with Crippen LogP contribution in [-0.2, 0) is 9.05 Å². The number of hydrogen-bond acceptors (Lipinski definition) is 6. The van der Waals surface area contributed by atoms with Gasteiger partial charge in [0.1, 0.15) is 0 Å². The summed E-state index contributed by atoms with van der Waals surface area (Å²) in [7, 11) is -0.119. The molecular formula is C6HClF4N2O5S. The fraction of sp³-hybridized carbons (Fsp3) is 0.167. The van der Waals surface area contributed by atoms with Crippen molar-refractivity contribution in [1.29, 1.82) is 0 Å². The number of hydrogen-bond donors (Lipinski definition) is 0. The second kappa shape index (κ2) is 4.77. The molecular weight excluding hydrogens is 324 g/mol. The fourth-order valence-corrected chi connectivity index (χ4v) is 1.91. The first-order valence-corrected chi connectivity index (χ1v) is 6.27. The van der Waals surface area contributed by atoms with E-state index in [1.165, 1.54) is 0 Å². The van der Waals surface area contributed by atoms with E-state index < -0.39 is 42.6 Å². The molecule has 1 rings (SSSR count). The molecule has 0 saturated heterocycles. The van der Waals surface area contributed by atoms with Crippen LogP contribution in [0.5, 0.6) is 5.75 Å². The number of aromatic nitrogens is 1. The Kier molecular flexibility index (Phi) is 3.86. The van der Waals surface area contributed by atoms with Gasteiger partial charge in [0.15, 0.2) is 5.82 Å². The Morgan fingerprint density at radius 2 is 1.95 bits per heavy atom. The molecule has 1 aromatic rings. The van der Waals surface area contributed by atoms with Gasteiger partial charge >= 0.3 is 12.0 Å². The van der Waals surface area contributed by atoms with Gasteiger partial charge < -0.3 is 4.74 Å². The van der Waals surface area contributed by atoms with Gasteiger partial charge in [0.25, 0.3) is 14.1 Å². The maximum atomic E-state index is 13.1. The first-order valence-electron chi connectivity index (χ1n) is 3.97. The van der Waals surface area contributed by atoms with Gasteiger partial charge in [0, 0.05) is 10.7 Å². The molecule has 106 valence electrons. The highest BCUT2D eigenvalue weighted by Gasteiger charge is 2.40. The number of pyridine rings is 1. The smallest absolute Gasteiger partial charge is 0.395 e. The summed E-state index contributed by atoms with van der Waals surface area (Å²) in [4.78, 5) is 11.7. The molecule has 19 heavy (non-hydrogen) atoms. The molecule has 0 aromatic carbocycles. The normalized spacial score (nSPS) is 12.3. The Labute approximate surface area is 106 Å². The Hall–Kier alpha value is -1.69. The Morgan fingerprint density at radius 3 is 2.32 bits per heavy atom. The minimum Gasteiger partial charge on any atom is -0.395 e. The van der Waals surface area contributed by atoms with Crippen molar-refractivity contribution in [1.82, 2.24) is 4.98 Å². The first-order chi connectivity index (χ1) is 8.43. The summed E-state index contributed by atoms with van der Waals surface area (Å²) in [5.41, 5.74) is -1.84. The van der Waals surface area contributed by atoms with E-state index in [9.17, 15) is 36.1 Å². The molecule has 0 aliphatic rings. The van der Waals surface area contributed by atoms with Crippen molar-refractivity contribution < 1.29 is 35.6 Å². The lowest BCUT2D eigenvalue weighted by molar-refractivity contribution is -0.392. The lowest BCUT2D eigenvalue weighted by Gasteiger charge is -2.10. The van der Waals surface area contributed by atoms with E-state index in [2.05, 4.69) is 9.72 Å². The molecule has 0 atom stereocenters. The molecule has 13 heteroatoms. The average molecular weight is 325 g/mol. The van der Waals surface area contributed by atoms with E-state index in [1.807, 2.05) is 0 Å². The van der Waals surface area contributed by atoms with Gasteiger partial charge in [0.2, 0.25) is 5.75 Å². The van der Waals surface area contributed by atoms with Crippen LogP contribution >= 0.6 is 10.7 Å². The first kappa shape index (κ1) is 15.4. The van der Waals surface area contributed by atoms with E-state index in [0.29, 0.717) is 0 Å². The van der Waals surface area contributed by atoms with Gasteiger partial charge in [-0.05, 0) is 0 Å². The topological polar surface area (TPSA) is 99.4 Å². The van der Waals surface area contributed by atoms with Gasteiger partial charge in [-0.2, -0.15) is 0 Å². The second-order valence-electron chi connectivity index (χ2n) is 2.83. The van der Waals surface area contributed by atoms with Crippen molar-refractivity contribution in [3.05, 3.63) is 22.1 Å². The molecule has 0 N–H and O–H groups in total. The van der Waals surface area contributed by atoms with Gasteiger partial charge in [-0.3, -0.25) is 10.1 Å². The monoisotopic (exact) mass is 324 g/mol. The van der Waals surface area contributed by atoms with Crippen LogP contribution in [-0.4, -0.2) is 24.7 Å². The third kappa shape index (κ3) is 3.64. The summed E-state index contributed by atoms with van der Waals surface area (Å²) >= 11 is 0. The molecule has 0 aliphatic carbocycles. The number of alkyl halides is 3. The van der Waals surface area contributed by atoms with Crippen LogP contribution in [0.4, 0.5) is 23.2 Å². The zero-order valence-electron chi connectivity index (χ0n) is 8.31. The quantitative estimate of drug-likeness (QED) is 0.365. The van der Waals surface area contributed by atoms with Crippen LogP contribution in [0.1, 0.15) is 0 Å². The summed E-state index contributed by atoms with van der Waals surface area (Å²) in [5, 5.41) is 9.00. The van der Waals surface area contributed by atoms with Crippen LogP contribution < -0.4 is 4.74 Å². The number of nitro groups is 1. The average Bonchev–Trinajstić information content (AvgIpc) is 2.16. The largest absolute Gasteiger partial charge is 0.573 e. The minimum atomic E-state index is -5.47.